The molecule has 130 valence electrons. The van der Waals surface area contributed by atoms with Gasteiger partial charge in [-0.1, -0.05) is 13.8 Å². The van der Waals surface area contributed by atoms with Gasteiger partial charge in [-0.2, -0.15) is 0 Å². The van der Waals surface area contributed by atoms with E-state index in [1.165, 1.54) is 7.11 Å². The molecule has 0 saturated carbocycles. The first-order valence-electron chi connectivity index (χ1n) is 8.53. The van der Waals surface area contributed by atoms with E-state index < -0.39 is 0 Å². The highest BCUT2D eigenvalue weighted by molar-refractivity contribution is 5.96. The van der Waals surface area contributed by atoms with Gasteiger partial charge in [0.05, 0.1) is 13.0 Å². The van der Waals surface area contributed by atoms with Crippen LogP contribution in [0.5, 0.6) is 0 Å². The molecule has 1 amide bonds. The SMILES string of the molecule is COC(=O)C1CCN(c2nc(C(C)C)nc3c2CCNC3=O)CC1. The largest absolute Gasteiger partial charge is 0.469 e. The third kappa shape index (κ3) is 3.07. The van der Waals surface area contributed by atoms with E-state index in [0.29, 0.717) is 18.1 Å². The maximum atomic E-state index is 12.2. The highest BCUT2D eigenvalue weighted by atomic mass is 16.5. The fourth-order valence-corrected chi connectivity index (χ4v) is 3.31. The summed E-state index contributed by atoms with van der Waals surface area (Å²) < 4.78 is 4.85. The molecule has 7 nitrogen and oxygen atoms in total. The van der Waals surface area contributed by atoms with Gasteiger partial charge in [-0.3, -0.25) is 9.59 Å². The lowest BCUT2D eigenvalue weighted by atomic mass is 9.96. The third-order valence-electron chi connectivity index (χ3n) is 4.72. The number of fused-ring (bicyclic) bond motifs is 1. The number of nitrogens with zero attached hydrogens (tertiary/aromatic N) is 3. The zero-order valence-electron chi connectivity index (χ0n) is 14.5. The van der Waals surface area contributed by atoms with Crippen molar-refractivity contribution in [2.75, 3.05) is 31.6 Å². The molecule has 0 radical (unpaired) electrons. The summed E-state index contributed by atoms with van der Waals surface area (Å²) in [5, 5.41) is 2.86. The van der Waals surface area contributed by atoms with Crippen molar-refractivity contribution in [2.45, 2.75) is 39.0 Å². The van der Waals surface area contributed by atoms with E-state index in [0.717, 1.165) is 43.7 Å². The molecular weight excluding hydrogens is 308 g/mol. The van der Waals surface area contributed by atoms with Gasteiger partial charge in [-0.25, -0.2) is 9.97 Å². The summed E-state index contributed by atoms with van der Waals surface area (Å²) in [6.45, 7) is 6.14. The predicted molar refractivity (Wildman–Crippen MR) is 89.1 cm³/mol. The van der Waals surface area contributed by atoms with Crippen LogP contribution < -0.4 is 10.2 Å². The Labute approximate surface area is 141 Å². The molecule has 1 fully saturated rings. The molecule has 0 aromatic carbocycles. The van der Waals surface area contributed by atoms with Crippen LogP contribution in [0.25, 0.3) is 0 Å². The van der Waals surface area contributed by atoms with Crippen LogP contribution in [0.4, 0.5) is 5.82 Å². The zero-order valence-corrected chi connectivity index (χ0v) is 14.5. The van der Waals surface area contributed by atoms with Crippen LogP contribution in [0.2, 0.25) is 0 Å². The standard InChI is InChI=1S/C17H24N4O3/c1-10(2)14-19-13-12(4-7-18-16(13)22)15(20-14)21-8-5-11(6-9-21)17(23)24-3/h10-11H,4-9H2,1-3H3,(H,18,22). The molecule has 7 heteroatoms. The second-order valence-corrected chi connectivity index (χ2v) is 6.68. The summed E-state index contributed by atoms with van der Waals surface area (Å²) in [7, 11) is 1.43. The molecule has 24 heavy (non-hydrogen) atoms. The van der Waals surface area contributed by atoms with E-state index in [4.69, 9.17) is 9.72 Å². The first-order valence-corrected chi connectivity index (χ1v) is 8.53. The van der Waals surface area contributed by atoms with Crippen LogP contribution in [0, 0.1) is 5.92 Å². The number of rotatable bonds is 3. The molecule has 1 saturated heterocycles. The Balaban J connectivity index is 1.90. The topological polar surface area (TPSA) is 84.4 Å². The number of anilines is 1. The van der Waals surface area contributed by atoms with Crippen LogP contribution in [-0.2, 0) is 16.0 Å². The molecule has 3 heterocycles. The third-order valence-corrected chi connectivity index (χ3v) is 4.72. The Bertz CT molecular complexity index is 651. The minimum atomic E-state index is -0.137. The zero-order chi connectivity index (χ0) is 17.3. The van der Waals surface area contributed by atoms with Gasteiger partial charge in [0.15, 0.2) is 0 Å². The Hall–Kier alpha value is -2.18. The van der Waals surface area contributed by atoms with Crippen LogP contribution in [0.3, 0.4) is 0 Å². The van der Waals surface area contributed by atoms with Crippen molar-refractivity contribution in [2.24, 2.45) is 5.92 Å². The Kier molecular flexibility index (Phi) is 4.69. The van der Waals surface area contributed by atoms with Crippen molar-refractivity contribution in [3.63, 3.8) is 0 Å². The number of nitrogens with one attached hydrogen (secondary N) is 1. The normalized spacial score (nSPS) is 18.3. The molecular formula is C17H24N4O3. The number of carbonyl (C=O) groups excluding carboxylic acids is 2. The fraction of sp³-hybridized carbons (Fsp3) is 0.647. The quantitative estimate of drug-likeness (QED) is 0.839. The van der Waals surface area contributed by atoms with Gasteiger partial charge in [0, 0.05) is 31.1 Å². The van der Waals surface area contributed by atoms with E-state index in [1.807, 2.05) is 13.8 Å². The summed E-state index contributed by atoms with van der Waals surface area (Å²) in [5.41, 5.74) is 1.43. The maximum Gasteiger partial charge on any atom is 0.308 e. The number of piperidine rings is 1. The average molecular weight is 332 g/mol. The summed E-state index contributed by atoms with van der Waals surface area (Å²) in [6.07, 6.45) is 2.23. The van der Waals surface area contributed by atoms with Gasteiger partial charge in [-0.05, 0) is 19.3 Å². The Morgan fingerprint density at radius 3 is 2.62 bits per heavy atom. The summed E-state index contributed by atoms with van der Waals surface area (Å²) in [5.74, 6) is 1.40. The van der Waals surface area contributed by atoms with Crippen molar-refractivity contribution >= 4 is 17.7 Å². The van der Waals surface area contributed by atoms with Crippen molar-refractivity contribution in [3.8, 4) is 0 Å². The lowest BCUT2D eigenvalue weighted by Gasteiger charge is -2.34. The van der Waals surface area contributed by atoms with Gasteiger partial charge >= 0.3 is 5.97 Å². The number of aromatic nitrogens is 2. The molecule has 0 aliphatic carbocycles. The van der Waals surface area contributed by atoms with Crippen molar-refractivity contribution in [3.05, 3.63) is 17.1 Å². The number of hydrogen-bond donors (Lipinski definition) is 1. The Morgan fingerprint density at radius 1 is 1.29 bits per heavy atom. The molecule has 3 rings (SSSR count). The minimum absolute atomic E-state index is 0.0446. The average Bonchev–Trinajstić information content (AvgIpc) is 2.60. The van der Waals surface area contributed by atoms with Crippen molar-refractivity contribution in [1.29, 1.82) is 0 Å². The number of esters is 1. The molecule has 2 aliphatic rings. The number of amides is 1. The van der Waals surface area contributed by atoms with Gasteiger partial charge in [-0.15, -0.1) is 0 Å². The number of carbonyl (C=O) groups is 2. The lowest BCUT2D eigenvalue weighted by molar-refractivity contribution is -0.146. The molecule has 2 aliphatic heterocycles. The van der Waals surface area contributed by atoms with E-state index in [2.05, 4.69) is 15.2 Å². The minimum Gasteiger partial charge on any atom is -0.469 e. The maximum absolute atomic E-state index is 12.2. The summed E-state index contributed by atoms with van der Waals surface area (Å²) >= 11 is 0. The number of methoxy groups -OCH3 is 1. The second kappa shape index (κ2) is 6.75. The van der Waals surface area contributed by atoms with Crippen molar-refractivity contribution in [1.82, 2.24) is 15.3 Å². The molecule has 1 aromatic heterocycles. The van der Waals surface area contributed by atoms with Crippen LogP contribution in [0.15, 0.2) is 0 Å². The van der Waals surface area contributed by atoms with E-state index in [-0.39, 0.29) is 23.7 Å². The molecule has 0 atom stereocenters. The smallest absolute Gasteiger partial charge is 0.308 e. The van der Waals surface area contributed by atoms with Crippen molar-refractivity contribution < 1.29 is 14.3 Å². The van der Waals surface area contributed by atoms with Crippen LogP contribution in [-0.4, -0.2) is 48.6 Å². The van der Waals surface area contributed by atoms with Gasteiger partial charge in [0.1, 0.15) is 17.3 Å². The molecule has 0 unspecified atom stereocenters. The van der Waals surface area contributed by atoms with E-state index in [9.17, 15) is 9.59 Å². The van der Waals surface area contributed by atoms with Crippen LogP contribution >= 0.6 is 0 Å². The predicted octanol–water partition coefficient (Wildman–Crippen LogP) is 1.28. The highest BCUT2D eigenvalue weighted by Gasteiger charge is 2.31. The lowest BCUT2D eigenvalue weighted by Crippen LogP contribution is -2.40. The molecule has 1 aromatic rings. The molecule has 0 bridgehead atoms. The van der Waals surface area contributed by atoms with E-state index in [1.54, 1.807) is 0 Å². The number of hydrogen-bond acceptors (Lipinski definition) is 6. The van der Waals surface area contributed by atoms with Crippen LogP contribution in [0.1, 0.15) is 54.5 Å². The van der Waals surface area contributed by atoms with Gasteiger partial charge in [0.25, 0.3) is 5.91 Å². The first kappa shape index (κ1) is 16.7. The summed E-state index contributed by atoms with van der Waals surface area (Å²) in [4.78, 5) is 35.3. The molecule has 1 N–H and O–H groups in total. The second-order valence-electron chi connectivity index (χ2n) is 6.68. The highest BCUT2D eigenvalue weighted by Crippen LogP contribution is 2.29. The summed E-state index contributed by atoms with van der Waals surface area (Å²) in [6, 6.07) is 0. The van der Waals surface area contributed by atoms with Gasteiger partial charge in [0.2, 0.25) is 0 Å². The molecule has 0 spiro atoms. The van der Waals surface area contributed by atoms with E-state index >= 15 is 0 Å². The Morgan fingerprint density at radius 2 is 2.00 bits per heavy atom. The van der Waals surface area contributed by atoms with Gasteiger partial charge < -0.3 is 15.0 Å². The fourth-order valence-electron chi connectivity index (χ4n) is 3.31. The monoisotopic (exact) mass is 332 g/mol. The first-order chi connectivity index (χ1) is 11.5. The number of ether oxygens (including phenoxy) is 1.